The number of carbonyl (C=O) groups is 1. The van der Waals surface area contributed by atoms with E-state index in [2.05, 4.69) is 15.6 Å². The minimum atomic E-state index is -0.390. The molecule has 0 spiro atoms. The summed E-state index contributed by atoms with van der Waals surface area (Å²) in [6, 6.07) is 10.9. The van der Waals surface area contributed by atoms with Gasteiger partial charge in [0, 0.05) is 31.5 Å². The highest BCUT2D eigenvalue weighted by Crippen LogP contribution is 2.16. The summed E-state index contributed by atoms with van der Waals surface area (Å²) in [7, 11) is 5.51. The molecule has 6 nitrogen and oxygen atoms in total. The van der Waals surface area contributed by atoms with Crippen LogP contribution in [-0.4, -0.2) is 38.1 Å². The predicted octanol–water partition coefficient (Wildman–Crippen LogP) is 2.60. The molecule has 0 fully saturated rings. The Kier molecular flexibility index (Phi) is 5.41. The zero-order valence-corrected chi connectivity index (χ0v) is 13.8. The maximum absolute atomic E-state index is 12.2. The third-order valence-corrected chi connectivity index (χ3v) is 3.37. The normalized spacial score (nSPS) is 11.5. The van der Waals surface area contributed by atoms with E-state index in [0.29, 0.717) is 5.88 Å². The van der Waals surface area contributed by atoms with Crippen molar-refractivity contribution in [1.82, 2.24) is 4.98 Å². The fourth-order valence-corrected chi connectivity index (χ4v) is 2.00. The van der Waals surface area contributed by atoms with E-state index in [9.17, 15) is 4.79 Å². The molecule has 0 bridgehead atoms. The zero-order valence-electron chi connectivity index (χ0n) is 13.8. The lowest BCUT2D eigenvalue weighted by atomic mass is 10.2. The number of nitrogens with zero attached hydrogens (tertiary/aromatic N) is 2. The van der Waals surface area contributed by atoms with Gasteiger partial charge < -0.3 is 20.3 Å². The summed E-state index contributed by atoms with van der Waals surface area (Å²) in [5, 5.41) is 5.99. The van der Waals surface area contributed by atoms with Crippen LogP contribution in [0.1, 0.15) is 6.92 Å². The van der Waals surface area contributed by atoms with Crippen molar-refractivity contribution < 1.29 is 9.53 Å². The van der Waals surface area contributed by atoms with E-state index in [0.717, 1.165) is 17.1 Å². The minimum Gasteiger partial charge on any atom is -0.481 e. The molecule has 0 aliphatic carbocycles. The number of rotatable bonds is 6. The number of nitrogens with one attached hydrogen (secondary N) is 2. The van der Waals surface area contributed by atoms with Crippen molar-refractivity contribution in [2.75, 3.05) is 36.7 Å². The van der Waals surface area contributed by atoms with Gasteiger partial charge in [0.2, 0.25) is 11.8 Å². The first-order chi connectivity index (χ1) is 11.0. The van der Waals surface area contributed by atoms with Gasteiger partial charge in [0.25, 0.3) is 0 Å². The van der Waals surface area contributed by atoms with Crippen LogP contribution in [-0.2, 0) is 4.79 Å². The molecule has 1 aromatic heterocycles. The Balaban J connectivity index is 1.93. The molecular formula is C17H22N4O2. The number of hydrogen-bond donors (Lipinski definition) is 2. The Hall–Kier alpha value is -2.76. The van der Waals surface area contributed by atoms with E-state index in [4.69, 9.17) is 4.74 Å². The van der Waals surface area contributed by atoms with E-state index in [1.165, 1.54) is 0 Å². The van der Waals surface area contributed by atoms with Gasteiger partial charge in [0.05, 0.1) is 19.0 Å². The third kappa shape index (κ3) is 4.60. The molecule has 23 heavy (non-hydrogen) atoms. The van der Waals surface area contributed by atoms with Crippen molar-refractivity contribution in [1.29, 1.82) is 0 Å². The number of aromatic nitrogens is 1. The second-order valence-corrected chi connectivity index (χ2v) is 5.39. The predicted molar refractivity (Wildman–Crippen MR) is 93.3 cm³/mol. The van der Waals surface area contributed by atoms with Crippen LogP contribution in [0.3, 0.4) is 0 Å². The molecule has 0 aliphatic heterocycles. The van der Waals surface area contributed by atoms with Gasteiger partial charge in [-0.15, -0.1) is 0 Å². The van der Waals surface area contributed by atoms with Crippen molar-refractivity contribution in [3.05, 3.63) is 42.6 Å². The lowest BCUT2D eigenvalue weighted by Gasteiger charge is -2.16. The molecule has 0 unspecified atom stereocenters. The highest BCUT2D eigenvalue weighted by molar-refractivity contribution is 5.96. The average Bonchev–Trinajstić information content (AvgIpc) is 2.56. The molecular weight excluding hydrogens is 292 g/mol. The Morgan fingerprint density at radius 3 is 2.30 bits per heavy atom. The summed E-state index contributed by atoms with van der Waals surface area (Å²) >= 11 is 0. The molecule has 2 N–H and O–H groups in total. The van der Waals surface area contributed by atoms with E-state index in [1.54, 1.807) is 26.3 Å². The van der Waals surface area contributed by atoms with Gasteiger partial charge in [-0.25, -0.2) is 4.98 Å². The monoisotopic (exact) mass is 314 g/mol. The van der Waals surface area contributed by atoms with E-state index in [1.807, 2.05) is 49.3 Å². The van der Waals surface area contributed by atoms with Crippen molar-refractivity contribution in [3.8, 4) is 5.88 Å². The number of anilines is 3. The number of benzene rings is 1. The number of amides is 1. The Labute approximate surface area is 136 Å². The fourth-order valence-electron chi connectivity index (χ4n) is 2.00. The molecule has 6 heteroatoms. The van der Waals surface area contributed by atoms with Gasteiger partial charge in [-0.05, 0) is 37.3 Å². The summed E-state index contributed by atoms with van der Waals surface area (Å²) in [4.78, 5) is 18.3. The molecule has 0 aliphatic rings. The number of carbonyl (C=O) groups excluding carboxylic acids is 1. The summed E-state index contributed by atoms with van der Waals surface area (Å²) < 4.78 is 5.01. The van der Waals surface area contributed by atoms with Crippen LogP contribution >= 0.6 is 0 Å². The Bertz CT molecular complexity index is 639. The minimum absolute atomic E-state index is 0.113. The molecule has 0 saturated heterocycles. The van der Waals surface area contributed by atoms with E-state index in [-0.39, 0.29) is 5.91 Å². The summed E-state index contributed by atoms with van der Waals surface area (Å²) in [6.45, 7) is 1.80. The molecule has 2 aromatic rings. The molecule has 122 valence electrons. The maximum atomic E-state index is 12.2. The average molecular weight is 314 g/mol. The smallest absolute Gasteiger partial charge is 0.246 e. The number of ether oxygens (including phenoxy) is 1. The van der Waals surface area contributed by atoms with Gasteiger partial charge in [-0.2, -0.15) is 0 Å². The Morgan fingerprint density at radius 1 is 1.13 bits per heavy atom. The van der Waals surface area contributed by atoms with Crippen LogP contribution in [0.5, 0.6) is 5.88 Å². The number of pyridine rings is 1. The van der Waals surface area contributed by atoms with Gasteiger partial charge in [0.1, 0.15) is 6.04 Å². The number of methoxy groups -OCH3 is 1. The molecule has 1 aromatic carbocycles. The first-order valence-electron chi connectivity index (χ1n) is 7.34. The van der Waals surface area contributed by atoms with Crippen molar-refractivity contribution in [2.24, 2.45) is 0 Å². The van der Waals surface area contributed by atoms with Gasteiger partial charge in [-0.3, -0.25) is 4.79 Å². The van der Waals surface area contributed by atoms with Crippen LogP contribution in [0.4, 0.5) is 17.1 Å². The maximum Gasteiger partial charge on any atom is 0.246 e. The second-order valence-electron chi connectivity index (χ2n) is 5.39. The standard InChI is InChI=1S/C17H22N4O2/c1-12(19-14-7-10-16(23-4)18-11-14)17(22)20-13-5-8-15(9-6-13)21(2)3/h5-12,19H,1-4H3,(H,20,22)/t12-/m1/s1. The largest absolute Gasteiger partial charge is 0.481 e. The first kappa shape index (κ1) is 16.6. The molecule has 0 radical (unpaired) electrons. The Morgan fingerprint density at radius 2 is 1.78 bits per heavy atom. The molecule has 2 rings (SSSR count). The first-order valence-corrected chi connectivity index (χ1v) is 7.34. The van der Waals surface area contributed by atoms with Crippen molar-refractivity contribution in [2.45, 2.75) is 13.0 Å². The van der Waals surface area contributed by atoms with Gasteiger partial charge in [-0.1, -0.05) is 0 Å². The molecule has 0 saturated carbocycles. The molecule has 1 amide bonds. The SMILES string of the molecule is COc1ccc(N[C@H](C)C(=O)Nc2ccc(N(C)C)cc2)cn1. The van der Waals surface area contributed by atoms with Crippen LogP contribution in [0.25, 0.3) is 0 Å². The van der Waals surface area contributed by atoms with Crippen LogP contribution in [0.15, 0.2) is 42.6 Å². The highest BCUT2D eigenvalue weighted by Gasteiger charge is 2.13. The fraction of sp³-hybridized carbons (Fsp3) is 0.294. The third-order valence-electron chi connectivity index (χ3n) is 3.37. The summed E-state index contributed by atoms with van der Waals surface area (Å²) in [5.74, 6) is 0.423. The van der Waals surface area contributed by atoms with Crippen LogP contribution in [0, 0.1) is 0 Å². The van der Waals surface area contributed by atoms with Crippen LogP contribution in [0.2, 0.25) is 0 Å². The summed E-state index contributed by atoms with van der Waals surface area (Å²) in [5.41, 5.74) is 2.61. The quantitative estimate of drug-likeness (QED) is 0.858. The van der Waals surface area contributed by atoms with E-state index < -0.39 is 6.04 Å². The number of hydrogen-bond acceptors (Lipinski definition) is 5. The van der Waals surface area contributed by atoms with Crippen molar-refractivity contribution >= 4 is 23.0 Å². The lowest BCUT2D eigenvalue weighted by molar-refractivity contribution is -0.116. The van der Waals surface area contributed by atoms with E-state index >= 15 is 0 Å². The van der Waals surface area contributed by atoms with Gasteiger partial charge in [0.15, 0.2) is 0 Å². The highest BCUT2D eigenvalue weighted by atomic mass is 16.5. The molecule has 1 heterocycles. The van der Waals surface area contributed by atoms with Gasteiger partial charge >= 0.3 is 0 Å². The van der Waals surface area contributed by atoms with Crippen LogP contribution < -0.4 is 20.3 Å². The zero-order chi connectivity index (χ0) is 16.8. The topological polar surface area (TPSA) is 66.5 Å². The summed E-state index contributed by atoms with van der Waals surface area (Å²) in [6.07, 6.45) is 1.63. The lowest BCUT2D eigenvalue weighted by Crippen LogP contribution is -2.31. The molecule has 1 atom stereocenters. The second kappa shape index (κ2) is 7.49. The van der Waals surface area contributed by atoms with Crippen molar-refractivity contribution in [3.63, 3.8) is 0 Å².